The summed E-state index contributed by atoms with van der Waals surface area (Å²) in [6.07, 6.45) is 0.798. The molecule has 20 heavy (non-hydrogen) atoms. The molecule has 0 heterocycles. The zero-order valence-electron chi connectivity index (χ0n) is 11.5. The number of aromatic carboxylic acids is 1. The van der Waals surface area contributed by atoms with Gasteiger partial charge < -0.3 is 15.2 Å². The highest BCUT2D eigenvalue weighted by Gasteiger charge is 2.21. The molecule has 1 amide bonds. The van der Waals surface area contributed by atoms with Crippen LogP contribution in [0.2, 0.25) is 0 Å². The van der Waals surface area contributed by atoms with E-state index in [4.69, 9.17) is 9.84 Å². The minimum atomic E-state index is -1.31. The standard InChI is InChI=1S/C14H18FNO4/c1-3-4-8-16-13(17)9(2)20-12-10(14(18)19)6-5-7-11(12)15/h5-7,9H,3-4,8H2,1-2H3,(H,16,17)(H,18,19). The third-order valence-corrected chi connectivity index (χ3v) is 2.69. The lowest BCUT2D eigenvalue weighted by atomic mass is 10.2. The van der Waals surface area contributed by atoms with Gasteiger partial charge in [0, 0.05) is 6.54 Å². The Morgan fingerprint density at radius 3 is 2.75 bits per heavy atom. The summed E-state index contributed by atoms with van der Waals surface area (Å²) in [5.41, 5.74) is -0.307. The maximum absolute atomic E-state index is 13.6. The number of carboxylic acid groups (broad SMARTS) is 1. The highest BCUT2D eigenvalue weighted by atomic mass is 19.1. The van der Waals surface area contributed by atoms with Crippen LogP contribution < -0.4 is 10.1 Å². The average molecular weight is 283 g/mol. The lowest BCUT2D eigenvalue weighted by molar-refractivity contribution is -0.127. The molecular formula is C14H18FNO4. The molecule has 1 aromatic carbocycles. The zero-order chi connectivity index (χ0) is 15.1. The van der Waals surface area contributed by atoms with Crippen molar-refractivity contribution in [2.75, 3.05) is 6.54 Å². The molecule has 2 N–H and O–H groups in total. The van der Waals surface area contributed by atoms with Gasteiger partial charge in [-0.1, -0.05) is 19.4 Å². The van der Waals surface area contributed by atoms with Gasteiger partial charge in [-0.2, -0.15) is 0 Å². The number of carboxylic acids is 1. The first-order valence-electron chi connectivity index (χ1n) is 6.43. The van der Waals surface area contributed by atoms with E-state index in [1.54, 1.807) is 0 Å². The lowest BCUT2D eigenvalue weighted by Crippen LogP contribution is -2.37. The molecule has 0 spiro atoms. The quantitative estimate of drug-likeness (QED) is 0.752. The van der Waals surface area contributed by atoms with Crippen molar-refractivity contribution in [3.8, 4) is 5.75 Å². The molecule has 0 saturated carbocycles. The van der Waals surface area contributed by atoms with E-state index in [0.717, 1.165) is 18.9 Å². The highest BCUT2D eigenvalue weighted by Crippen LogP contribution is 2.23. The summed E-state index contributed by atoms with van der Waals surface area (Å²) < 4.78 is 18.8. The second-order valence-corrected chi connectivity index (χ2v) is 4.33. The number of para-hydroxylation sites is 1. The molecule has 6 heteroatoms. The minimum absolute atomic E-state index is 0.307. The van der Waals surface area contributed by atoms with Gasteiger partial charge in [0.25, 0.3) is 5.91 Å². The van der Waals surface area contributed by atoms with E-state index in [1.807, 2.05) is 6.92 Å². The Balaban J connectivity index is 2.77. The fraction of sp³-hybridized carbons (Fsp3) is 0.429. The summed E-state index contributed by atoms with van der Waals surface area (Å²) in [6, 6.07) is 3.59. The van der Waals surface area contributed by atoms with Gasteiger partial charge >= 0.3 is 5.97 Å². The normalized spacial score (nSPS) is 11.8. The number of carbonyl (C=O) groups excluding carboxylic acids is 1. The maximum atomic E-state index is 13.6. The Morgan fingerprint density at radius 1 is 1.45 bits per heavy atom. The van der Waals surface area contributed by atoms with Crippen molar-refractivity contribution in [2.45, 2.75) is 32.8 Å². The topological polar surface area (TPSA) is 75.6 Å². The number of hydrogen-bond donors (Lipinski definition) is 2. The molecule has 0 saturated heterocycles. The lowest BCUT2D eigenvalue weighted by Gasteiger charge is -2.16. The fourth-order valence-electron chi connectivity index (χ4n) is 1.56. The van der Waals surface area contributed by atoms with Gasteiger partial charge in [0.05, 0.1) is 0 Å². The van der Waals surface area contributed by atoms with E-state index < -0.39 is 29.5 Å². The van der Waals surface area contributed by atoms with Crippen LogP contribution in [0.4, 0.5) is 4.39 Å². The first kappa shape index (κ1) is 15.9. The van der Waals surface area contributed by atoms with Crippen molar-refractivity contribution in [2.24, 2.45) is 0 Å². The predicted molar refractivity (Wildman–Crippen MR) is 71.4 cm³/mol. The molecule has 0 aliphatic rings. The smallest absolute Gasteiger partial charge is 0.339 e. The Labute approximate surface area is 116 Å². The van der Waals surface area contributed by atoms with Crippen molar-refractivity contribution in [1.82, 2.24) is 5.32 Å². The summed E-state index contributed by atoms with van der Waals surface area (Å²) in [5, 5.41) is 11.6. The Kier molecular flexibility index (Phi) is 5.96. The molecule has 110 valence electrons. The second-order valence-electron chi connectivity index (χ2n) is 4.33. The van der Waals surface area contributed by atoms with Crippen molar-refractivity contribution in [1.29, 1.82) is 0 Å². The fourth-order valence-corrected chi connectivity index (χ4v) is 1.56. The molecule has 0 radical (unpaired) electrons. The number of amides is 1. The van der Waals surface area contributed by atoms with Crippen LogP contribution in [0, 0.1) is 5.82 Å². The summed E-state index contributed by atoms with van der Waals surface area (Å²) >= 11 is 0. The summed E-state index contributed by atoms with van der Waals surface area (Å²) in [5.74, 6) is -2.94. The van der Waals surface area contributed by atoms with Gasteiger partial charge in [-0.15, -0.1) is 0 Å². The first-order valence-corrected chi connectivity index (χ1v) is 6.43. The van der Waals surface area contributed by atoms with Crippen molar-refractivity contribution >= 4 is 11.9 Å². The number of nitrogens with one attached hydrogen (secondary N) is 1. The second kappa shape index (κ2) is 7.47. The Bertz CT molecular complexity index is 490. The molecule has 0 aliphatic heterocycles. The minimum Gasteiger partial charge on any atom is -0.478 e. The average Bonchev–Trinajstić information content (AvgIpc) is 2.40. The van der Waals surface area contributed by atoms with Crippen LogP contribution in [0.25, 0.3) is 0 Å². The van der Waals surface area contributed by atoms with E-state index in [-0.39, 0.29) is 5.56 Å². The van der Waals surface area contributed by atoms with Crippen molar-refractivity contribution in [3.05, 3.63) is 29.6 Å². The van der Waals surface area contributed by atoms with Crippen molar-refractivity contribution < 1.29 is 23.8 Å². The largest absolute Gasteiger partial charge is 0.478 e. The van der Waals surface area contributed by atoms with Crippen LogP contribution in [0.3, 0.4) is 0 Å². The molecule has 0 aromatic heterocycles. The molecule has 1 atom stereocenters. The van der Waals surface area contributed by atoms with Crippen LogP contribution >= 0.6 is 0 Å². The van der Waals surface area contributed by atoms with Gasteiger partial charge in [0.1, 0.15) is 5.56 Å². The molecule has 0 aliphatic carbocycles. The number of ether oxygens (including phenoxy) is 1. The molecule has 1 rings (SSSR count). The summed E-state index contributed by atoms with van der Waals surface area (Å²) in [7, 11) is 0. The van der Waals surface area contributed by atoms with Crippen LogP contribution in [-0.2, 0) is 4.79 Å². The van der Waals surface area contributed by atoms with Crippen LogP contribution in [0.15, 0.2) is 18.2 Å². The highest BCUT2D eigenvalue weighted by molar-refractivity contribution is 5.91. The number of rotatable bonds is 7. The van der Waals surface area contributed by atoms with E-state index >= 15 is 0 Å². The molecular weight excluding hydrogens is 265 g/mol. The van der Waals surface area contributed by atoms with E-state index in [1.165, 1.54) is 19.1 Å². The van der Waals surface area contributed by atoms with Crippen LogP contribution in [0.5, 0.6) is 5.75 Å². The molecule has 0 fully saturated rings. The third kappa shape index (κ3) is 4.22. The monoisotopic (exact) mass is 283 g/mol. The van der Waals surface area contributed by atoms with Crippen LogP contribution in [0.1, 0.15) is 37.0 Å². The van der Waals surface area contributed by atoms with Gasteiger partial charge in [0.2, 0.25) is 0 Å². The van der Waals surface area contributed by atoms with Gasteiger partial charge in [0.15, 0.2) is 17.7 Å². The molecule has 5 nitrogen and oxygen atoms in total. The number of halogens is 1. The number of benzene rings is 1. The van der Waals surface area contributed by atoms with Gasteiger partial charge in [-0.05, 0) is 25.5 Å². The van der Waals surface area contributed by atoms with E-state index in [0.29, 0.717) is 6.54 Å². The summed E-state index contributed by atoms with van der Waals surface area (Å²) in [6.45, 7) is 3.94. The molecule has 1 aromatic rings. The van der Waals surface area contributed by atoms with E-state index in [9.17, 15) is 14.0 Å². The number of carbonyl (C=O) groups is 2. The van der Waals surface area contributed by atoms with Gasteiger partial charge in [-0.3, -0.25) is 4.79 Å². The maximum Gasteiger partial charge on any atom is 0.339 e. The van der Waals surface area contributed by atoms with Crippen LogP contribution in [-0.4, -0.2) is 29.6 Å². The zero-order valence-corrected chi connectivity index (χ0v) is 11.5. The Morgan fingerprint density at radius 2 is 2.15 bits per heavy atom. The number of hydrogen-bond acceptors (Lipinski definition) is 3. The Hall–Kier alpha value is -2.11. The number of unbranched alkanes of at least 4 members (excludes halogenated alkanes) is 1. The van der Waals surface area contributed by atoms with Crippen molar-refractivity contribution in [3.63, 3.8) is 0 Å². The SMILES string of the molecule is CCCCNC(=O)C(C)Oc1c(F)cccc1C(=O)O. The van der Waals surface area contributed by atoms with Gasteiger partial charge in [-0.25, -0.2) is 9.18 Å². The molecule has 1 unspecified atom stereocenters. The molecule has 0 bridgehead atoms. The summed E-state index contributed by atoms with van der Waals surface area (Å²) in [4.78, 5) is 22.7. The third-order valence-electron chi connectivity index (χ3n) is 2.69. The predicted octanol–water partition coefficient (Wildman–Crippen LogP) is 2.21. The van der Waals surface area contributed by atoms with E-state index in [2.05, 4.69) is 5.32 Å². The first-order chi connectivity index (χ1) is 9.47.